The molecule has 56 valence electrons. The molecule has 0 aromatic heterocycles. The molecule has 1 amide bonds. The average molecular weight is 140 g/mol. The third kappa shape index (κ3) is 2.44. The van der Waals surface area contributed by atoms with Crippen LogP contribution in [0.4, 0.5) is 0 Å². The molecule has 0 aromatic rings. The van der Waals surface area contributed by atoms with Gasteiger partial charge >= 0.3 is 0 Å². The fraction of sp³-hybridized carbons (Fsp3) is 0.429. The van der Waals surface area contributed by atoms with Crippen LogP contribution in [-0.4, -0.2) is 12.1 Å². The first kappa shape index (κ1) is 8.88. The first-order chi connectivity index (χ1) is 4.59. The topological polar surface area (TPSA) is 55.4 Å². The lowest BCUT2D eigenvalue weighted by atomic mass is 10.2. The lowest BCUT2D eigenvalue weighted by molar-refractivity contribution is -0.114. The Kier molecular flexibility index (Phi) is 3.39. The van der Waals surface area contributed by atoms with Gasteiger partial charge in [0.2, 0.25) is 0 Å². The number of aliphatic imine (C=N–C) groups is 1. The molecule has 0 radical (unpaired) electrons. The maximum atomic E-state index is 10.6. The van der Waals surface area contributed by atoms with Crippen molar-refractivity contribution in [1.29, 1.82) is 0 Å². The van der Waals surface area contributed by atoms with Gasteiger partial charge in [-0.2, -0.15) is 0 Å². The SMILES string of the molecule is C/C=N\C(C(N)=O)=C(C)C. The first-order valence-corrected chi connectivity index (χ1v) is 3.05. The quantitative estimate of drug-likeness (QED) is 0.448. The molecule has 0 aliphatic carbocycles. The summed E-state index contributed by atoms with van der Waals surface area (Å²) in [5.41, 5.74) is 6.20. The van der Waals surface area contributed by atoms with Gasteiger partial charge in [-0.3, -0.25) is 9.79 Å². The first-order valence-electron chi connectivity index (χ1n) is 3.05. The second-order valence-electron chi connectivity index (χ2n) is 2.10. The van der Waals surface area contributed by atoms with Crippen LogP contribution in [-0.2, 0) is 4.79 Å². The Morgan fingerprint density at radius 2 is 2.00 bits per heavy atom. The number of hydrogen-bond acceptors (Lipinski definition) is 2. The van der Waals surface area contributed by atoms with Gasteiger partial charge in [-0.15, -0.1) is 0 Å². The molecule has 0 bridgehead atoms. The van der Waals surface area contributed by atoms with Gasteiger partial charge in [0.05, 0.1) is 0 Å². The van der Waals surface area contributed by atoms with E-state index in [1.165, 1.54) is 0 Å². The van der Waals surface area contributed by atoms with Gasteiger partial charge in [0.25, 0.3) is 5.91 Å². The molecule has 0 heterocycles. The summed E-state index contributed by atoms with van der Waals surface area (Å²) in [6.45, 7) is 5.34. The number of nitrogens with zero attached hydrogens (tertiary/aromatic N) is 1. The minimum atomic E-state index is -0.474. The zero-order valence-electron chi connectivity index (χ0n) is 6.51. The highest BCUT2D eigenvalue weighted by Gasteiger charge is 2.01. The van der Waals surface area contributed by atoms with E-state index in [0.717, 1.165) is 5.57 Å². The van der Waals surface area contributed by atoms with Crippen LogP contribution in [0, 0.1) is 0 Å². The minimum Gasteiger partial charge on any atom is -0.364 e. The molecule has 10 heavy (non-hydrogen) atoms. The number of nitrogens with two attached hydrogens (primary N) is 1. The van der Waals surface area contributed by atoms with Crippen LogP contribution in [0.3, 0.4) is 0 Å². The normalized spacial score (nSPS) is 9.90. The Morgan fingerprint density at radius 3 is 2.10 bits per heavy atom. The van der Waals surface area contributed by atoms with Gasteiger partial charge in [-0.25, -0.2) is 0 Å². The zero-order valence-corrected chi connectivity index (χ0v) is 6.51. The number of primary amides is 1. The van der Waals surface area contributed by atoms with Crippen molar-refractivity contribution in [1.82, 2.24) is 0 Å². The summed E-state index contributed by atoms with van der Waals surface area (Å²) in [6, 6.07) is 0. The zero-order chi connectivity index (χ0) is 8.15. The summed E-state index contributed by atoms with van der Waals surface area (Å²) in [5.74, 6) is -0.474. The van der Waals surface area contributed by atoms with Crippen LogP contribution in [0.2, 0.25) is 0 Å². The van der Waals surface area contributed by atoms with Crippen LogP contribution in [0.25, 0.3) is 0 Å². The van der Waals surface area contributed by atoms with Crippen LogP contribution in [0.5, 0.6) is 0 Å². The molecule has 0 fully saturated rings. The number of carbonyl (C=O) groups excluding carboxylic acids is 1. The number of hydrogen-bond donors (Lipinski definition) is 1. The Hall–Kier alpha value is -1.12. The molecule has 3 heteroatoms. The van der Waals surface area contributed by atoms with Crippen molar-refractivity contribution in [3.05, 3.63) is 11.3 Å². The van der Waals surface area contributed by atoms with Crippen molar-refractivity contribution in [3.8, 4) is 0 Å². The Labute approximate surface area is 60.6 Å². The van der Waals surface area contributed by atoms with Crippen molar-refractivity contribution >= 4 is 12.1 Å². The van der Waals surface area contributed by atoms with E-state index < -0.39 is 5.91 Å². The summed E-state index contributed by atoms with van der Waals surface area (Å²) in [7, 11) is 0. The van der Waals surface area contributed by atoms with Gasteiger partial charge in [0, 0.05) is 6.21 Å². The number of carbonyl (C=O) groups is 1. The Morgan fingerprint density at radius 1 is 1.50 bits per heavy atom. The predicted octanol–water partition coefficient (Wildman–Crippen LogP) is 0.856. The Balaban J connectivity index is 4.61. The number of amides is 1. The smallest absolute Gasteiger partial charge is 0.267 e. The second-order valence-corrected chi connectivity index (χ2v) is 2.10. The maximum Gasteiger partial charge on any atom is 0.267 e. The van der Waals surface area contributed by atoms with Crippen molar-refractivity contribution in [2.24, 2.45) is 10.7 Å². The molecule has 2 N–H and O–H groups in total. The van der Waals surface area contributed by atoms with Crippen LogP contribution < -0.4 is 5.73 Å². The molecular formula is C7H12N2O. The molecule has 0 aliphatic heterocycles. The standard InChI is InChI=1S/C7H12N2O/c1-4-9-6(5(2)3)7(8)10/h4H,1-3H3,(H2,8,10)/b9-4-. The summed E-state index contributed by atoms with van der Waals surface area (Å²) < 4.78 is 0. The van der Waals surface area contributed by atoms with E-state index in [4.69, 9.17) is 5.73 Å². The van der Waals surface area contributed by atoms with E-state index in [9.17, 15) is 4.79 Å². The van der Waals surface area contributed by atoms with Gasteiger partial charge < -0.3 is 5.73 Å². The lowest BCUT2D eigenvalue weighted by Crippen LogP contribution is -2.13. The summed E-state index contributed by atoms with van der Waals surface area (Å²) >= 11 is 0. The predicted molar refractivity (Wildman–Crippen MR) is 41.7 cm³/mol. The molecule has 0 aromatic carbocycles. The largest absolute Gasteiger partial charge is 0.364 e. The molecule has 0 saturated heterocycles. The van der Waals surface area contributed by atoms with Crippen LogP contribution in [0.1, 0.15) is 20.8 Å². The highest BCUT2D eigenvalue weighted by Crippen LogP contribution is 2.02. The fourth-order valence-corrected chi connectivity index (χ4v) is 0.568. The van der Waals surface area contributed by atoms with Gasteiger partial charge in [0.15, 0.2) is 0 Å². The molecule has 0 saturated carbocycles. The number of rotatable bonds is 2. The van der Waals surface area contributed by atoms with Crippen molar-refractivity contribution in [3.63, 3.8) is 0 Å². The molecule has 0 rings (SSSR count). The van der Waals surface area contributed by atoms with Crippen LogP contribution >= 0.6 is 0 Å². The molecule has 0 atom stereocenters. The summed E-state index contributed by atoms with van der Waals surface area (Å²) in [5, 5.41) is 0. The third-order valence-electron chi connectivity index (χ3n) is 0.965. The summed E-state index contributed by atoms with van der Waals surface area (Å²) in [6.07, 6.45) is 1.55. The molecule has 0 aliphatic rings. The van der Waals surface area contributed by atoms with Gasteiger partial charge in [0.1, 0.15) is 5.70 Å². The maximum absolute atomic E-state index is 10.6. The fourth-order valence-electron chi connectivity index (χ4n) is 0.568. The second kappa shape index (κ2) is 3.82. The van der Waals surface area contributed by atoms with E-state index in [0.29, 0.717) is 5.70 Å². The minimum absolute atomic E-state index is 0.350. The van der Waals surface area contributed by atoms with E-state index in [1.807, 2.05) is 0 Å². The highest BCUT2D eigenvalue weighted by atomic mass is 16.1. The Bertz CT molecular complexity index is 188. The van der Waals surface area contributed by atoms with E-state index >= 15 is 0 Å². The monoisotopic (exact) mass is 140 g/mol. The third-order valence-corrected chi connectivity index (χ3v) is 0.965. The molecule has 0 spiro atoms. The van der Waals surface area contributed by atoms with Gasteiger partial charge in [-0.1, -0.05) is 0 Å². The average Bonchev–Trinajstić information content (AvgIpc) is 1.81. The van der Waals surface area contributed by atoms with Crippen molar-refractivity contribution < 1.29 is 4.79 Å². The van der Waals surface area contributed by atoms with E-state index in [1.54, 1.807) is 27.0 Å². The molecular weight excluding hydrogens is 128 g/mol. The van der Waals surface area contributed by atoms with Crippen molar-refractivity contribution in [2.75, 3.05) is 0 Å². The highest BCUT2D eigenvalue weighted by molar-refractivity contribution is 5.93. The van der Waals surface area contributed by atoms with Gasteiger partial charge in [-0.05, 0) is 26.3 Å². The number of allylic oxidation sites excluding steroid dienone is 1. The summed E-state index contributed by atoms with van der Waals surface area (Å²) in [4.78, 5) is 14.4. The van der Waals surface area contributed by atoms with E-state index in [2.05, 4.69) is 4.99 Å². The molecule has 0 unspecified atom stereocenters. The van der Waals surface area contributed by atoms with E-state index in [-0.39, 0.29) is 0 Å². The molecule has 3 nitrogen and oxygen atoms in total. The van der Waals surface area contributed by atoms with Crippen molar-refractivity contribution in [2.45, 2.75) is 20.8 Å². The van der Waals surface area contributed by atoms with Crippen LogP contribution in [0.15, 0.2) is 16.3 Å². The lowest BCUT2D eigenvalue weighted by Gasteiger charge is -1.96.